The van der Waals surface area contributed by atoms with Crippen LogP contribution in [-0.4, -0.2) is 30.9 Å². The van der Waals surface area contributed by atoms with Crippen molar-refractivity contribution >= 4 is 17.8 Å². The SMILES string of the molecule is COc1cccc(/C=N\NC(=O)CNc2ccc(C)cc2C)c1O. The van der Waals surface area contributed by atoms with Gasteiger partial charge < -0.3 is 15.2 Å². The van der Waals surface area contributed by atoms with E-state index in [1.165, 1.54) is 18.9 Å². The van der Waals surface area contributed by atoms with E-state index in [0.717, 1.165) is 11.3 Å². The van der Waals surface area contributed by atoms with Crippen LogP contribution in [0.25, 0.3) is 0 Å². The van der Waals surface area contributed by atoms with E-state index in [2.05, 4.69) is 15.8 Å². The van der Waals surface area contributed by atoms with Gasteiger partial charge in [0.15, 0.2) is 11.5 Å². The van der Waals surface area contributed by atoms with Gasteiger partial charge in [-0.25, -0.2) is 5.43 Å². The fraction of sp³-hybridized carbons (Fsp3) is 0.222. The number of para-hydroxylation sites is 1. The highest BCUT2D eigenvalue weighted by atomic mass is 16.5. The van der Waals surface area contributed by atoms with Crippen molar-refractivity contribution in [2.75, 3.05) is 19.0 Å². The maximum atomic E-state index is 11.8. The Labute approximate surface area is 141 Å². The van der Waals surface area contributed by atoms with E-state index in [4.69, 9.17) is 4.74 Å². The van der Waals surface area contributed by atoms with Gasteiger partial charge in [0.05, 0.1) is 19.9 Å². The Bertz CT molecular complexity index is 757. The Morgan fingerprint density at radius 1 is 1.29 bits per heavy atom. The van der Waals surface area contributed by atoms with Crippen LogP contribution in [0.1, 0.15) is 16.7 Å². The molecule has 2 aromatic rings. The molecule has 6 heteroatoms. The van der Waals surface area contributed by atoms with Gasteiger partial charge >= 0.3 is 0 Å². The maximum absolute atomic E-state index is 11.8. The van der Waals surface area contributed by atoms with Crippen LogP contribution in [0.5, 0.6) is 11.5 Å². The summed E-state index contributed by atoms with van der Waals surface area (Å²) in [5, 5.41) is 16.8. The average Bonchev–Trinajstić information content (AvgIpc) is 2.55. The number of amides is 1. The predicted octanol–water partition coefficient (Wildman–Crippen LogP) is 2.58. The maximum Gasteiger partial charge on any atom is 0.259 e. The lowest BCUT2D eigenvalue weighted by molar-refractivity contribution is -0.119. The van der Waals surface area contributed by atoms with Crippen molar-refractivity contribution in [2.45, 2.75) is 13.8 Å². The summed E-state index contributed by atoms with van der Waals surface area (Å²) in [4.78, 5) is 11.8. The number of aryl methyl sites for hydroxylation is 2. The highest BCUT2D eigenvalue weighted by molar-refractivity contribution is 5.87. The minimum absolute atomic E-state index is 0.0218. The van der Waals surface area contributed by atoms with Crippen LogP contribution in [0, 0.1) is 13.8 Å². The van der Waals surface area contributed by atoms with Gasteiger partial charge in [-0.1, -0.05) is 23.8 Å². The van der Waals surface area contributed by atoms with Gasteiger partial charge in [0.2, 0.25) is 0 Å². The first-order valence-corrected chi connectivity index (χ1v) is 7.50. The van der Waals surface area contributed by atoms with Crippen molar-refractivity contribution < 1.29 is 14.6 Å². The minimum Gasteiger partial charge on any atom is -0.504 e. The summed E-state index contributed by atoms with van der Waals surface area (Å²) in [5.74, 6) is 0.0433. The number of hydrazone groups is 1. The molecule has 0 aromatic heterocycles. The molecule has 0 unspecified atom stereocenters. The van der Waals surface area contributed by atoms with Gasteiger partial charge in [0.1, 0.15) is 0 Å². The Morgan fingerprint density at radius 2 is 2.08 bits per heavy atom. The van der Waals surface area contributed by atoms with E-state index in [1.807, 2.05) is 32.0 Å². The largest absolute Gasteiger partial charge is 0.504 e. The standard InChI is InChI=1S/C18H21N3O3/c1-12-7-8-15(13(2)9-12)19-11-17(22)21-20-10-14-5-4-6-16(24-3)18(14)23/h4-10,19,23H,11H2,1-3H3,(H,21,22)/b20-10-. The molecule has 24 heavy (non-hydrogen) atoms. The molecule has 0 heterocycles. The zero-order chi connectivity index (χ0) is 17.5. The smallest absolute Gasteiger partial charge is 0.259 e. The van der Waals surface area contributed by atoms with Gasteiger partial charge in [0.25, 0.3) is 5.91 Å². The average molecular weight is 327 g/mol. The molecule has 0 spiro atoms. The van der Waals surface area contributed by atoms with E-state index < -0.39 is 0 Å². The highest BCUT2D eigenvalue weighted by Gasteiger charge is 2.05. The molecule has 0 aliphatic heterocycles. The molecule has 3 N–H and O–H groups in total. The molecule has 0 saturated heterocycles. The molecule has 0 aliphatic carbocycles. The highest BCUT2D eigenvalue weighted by Crippen LogP contribution is 2.27. The molecule has 0 aliphatic rings. The Balaban J connectivity index is 1.89. The Morgan fingerprint density at radius 3 is 2.79 bits per heavy atom. The predicted molar refractivity (Wildman–Crippen MR) is 94.8 cm³/mol. The molecule has 1 amide bonds. The van der Waals surface area contributed by atoms with E-state index in [1.54, 1.807) is 18.2 Å². The third-order valence-electron chi connectivity index (χ3n) is 3.46. The van der Waals surface area contributed by atoms with Crippen molar-refractivity contribution in [3.05, 3.63) is 53.1 Å². The summed E-state index contributed by atoms with van der Waals surface area (Å²) in [5.41, 5.74) is 6.02. The number of hydrogen-bond donors (Lipinski definition) is 3. The van der Waals surface area contributed by atoms with Gasteiger partial charge in [-0.05, 0) is 37.6 Å². The second kappa shape index (κ2) is 8.01. The molecule has 6 nitrogen and oxygen atoms in total. The summed E-state index contributed by atoms with van der Waals surface area (Å²) >= 11 is 0. The van der Waals surface area contributed by atoms with E-state index in [0.29, 0.717) is 11.3 Å². The number of benzene rings is 2. The fourth-order valence-corrected chi connectivity index (χ4v) is 2.21. The number of anilines is 1. The van der Waals surface area contributed by atoms with E-state index >= 15 is 0 Å². The van der Waals surface area contributed by atoms with Gasteiger partial charge in [-0.3, -0.25) is 4.79 Å². The number of nitrogens with one attached hydrogen (secondary N) is 2. The lowest BCUT2D eigenvalue weighted by Gasteiger charge is -2.09. The second-order valence-electron chi connectivity index (χ2n) is 5.36. The molecule has 2 rings (SSSR count). The minimum atomic E-state index is -0.284. The van der Waals surface area contributed by atoms with Crippen molar-refractivity contribution in [1.29, 1.82) is 0 Å². The van der Waals surface area contributed by atoms with Crippen LogP contribution in [0.2, 0.25) is 0 Å². The monoisotopic (exact) mass is 327 g/mol. The lowest BCUT2D eigenvalue weighted by atomic mass is 10.1. The molecule has 0 bridgehead atoms. The molecule has 2 aromatic carbocycles. The van der Waals surface area contributed by atoms with Crippen molar-refractivity contribution in [3.63, 3.8) is 0 Å². The molecule has 0 atom stereocenters. The summed E-state index contributed by atoms with van der Waals surface area (Å²) in [7, 11) is 1.47. The first-order chi connectivity index (χ1) is 11.5. The van der Waals surface area contributed by atoms with Crippen LogP contribution in [0.15, 0.2) is 41.5 Å². The summed E-state index contributed by atoms with van der Waals surface area (Å²) in [6, 6.07) is 11.0. The Kier molecular flexibility index (Phi) is 5.78. The van der Waals surface area contributed by atoms with Gasteiger partial charge in [-0.15, -0.1) is 0 Å². The second-order valence-corrected chi connectivity index (χ2v) is 5.36. The summed E-state index contributed by atoms with van der Waals surface area (Å²) < 4.78 is 5.01. The van der Waals surface area contributed by atoms with Crippen molar-refractivity contribution in [2.24, 2.45) is 5.10 Å². The number of rotatable bonds is 6. The molecule has 0 fully saturated rings. The number of ether oxygens (including phenoxy) is 1. The molecular weight excluding hydrogens is 306 g/mol. The zero-order valence-electron chi connectivity index (χ0n) is 14.0. The number of aromatic hydroxyl groups is 1. The van der Waals surface area contributed by atoms with Crippen LogP contribution < -0.4 is 15.5 Å². The first kappa shape index (κ1) is 17.3. The third kappa shape index (κ3) is 4.49. The normalized spacial score (nSPS) is 10.6. The number of hydrogen-bond acceptors (Lipinski definition) is 5. The van der Waals surface area contributed by atoms with Crippen molar-refractivity contribution in [1.82, 2.24) is 5.43 Å². The number of phenols is 1. The van der Waals surface area contributed by atoms with E-state index in [9.17, 15) is 9.90 Å². The van der Waals surface area contributed by atoms with Crippen molar-refractivity contribution in [3.8, 4) is 11.5 Å². The van der Waals surface area contributed by atoms with Gasteiger partial charge in [0, 0.05) is 11.3 Å². The zero-order valence-corrected chi connectivity index (χ0v) is 14.0. The Hall–Kier alpha value is -3.02. The number of carbonyl (C=O) groups is 1. The number of methoxy groups -OCH3 is 1. The van der Waals surface area contributed by atoms with Crippen LogP contribution in [0.3, 0.4) is 0 Å². The summed E-state index contributed by atoms with van der Waals surface area (Å²) in [6.45, 7) is 4.11. The topological polar surface area (TPSA) is 83.0 Å². The third-order valence-corrected chi connectivity index (χ3v) is 3.46. The summed E-state index contributed by atoms with van der Waals surface area (Å²) in [6.07, 6.45) is 1.37. The van der Waals surface area contributed by atoms with Gasteiger partial charge in [-0.2, -0.15) is 5.10 Å². The lowest BCUT2D eigenvalue weighted by Crippen LogP contribution is -2.26. The number of carbonyl (C=O) groups excluding carboxylic acids is 1. The van der Waals surface area contributed by atoms with Crippen LogP contribution in [-0.2, 0) is 4.79 Å². The fourth-order valence-electron chi connectivity index (χ4n) is 2.21. The van der Waals surface area contributed by atoms with Crippen LogP contribution >= 0.6 is 0 Å². The number of phenolic OH excluding ortho intramolecular Hbond substituents is 1. The quantitative estimate of drug-likeness (QED) is 0.562. The first-order valence-electron chi connectivity index (χ1n) is 7.50. The molecule has 126 valence electrons. The number of nitrogens with zero attached hydrogens (tertiary/aromatic N) is 1. The molecule has 0 radical (unpaired) electrons. The van der Waals surface area contributed by atoms with E-state index in [-0.39, 0.29) is 18.2 Å². The molecule has 0 saturated carbocycles. The van der Waals surface area contributed by atoms with Crippen LogP contribution in [0.4, 0.5) is 5.69 Å². The molecular formula is C18H21N3O3.